The van der Waals surface area contributed by atoms with Gasteiger partial charge in [-0.2, -0.15) is 0 Å². The Kier molecular flexibility index (Phi) is 6.69. The van der Waals surface area contributed by atoms with E-state index in [0.29, 0.717) is 24.5 Å². The Bertz CT molecular complexity index is 817. The van der Waals surface area contributed by atoms with Crippen LogP contribution in [0.5, 0.6) is 11.5 Å². The lowest BCUT2D eigenvalue weighted by Crippen LogP contribution is -2.32. The molecule has 148 valence electrons. The largest absolute Gasteiger partial charge is 0.490 e. The highest BCUT2D eigenvalue weighted by molar-refractivity contribution is 5.97. The Labute approximate surface area is 166 Å². The van der Waals surface area contributed by atoms with Gasteiger partial charge in [-0.15, -0.1) is 0 Å². The summed E-state index contributed by atoms with van der Waals surface area (Å²) in [6.07, 6.45) is 1.22. The third-order valence-electron chi connectivity index (χ3n) is 4.79. The maximum atomic E-state index is 12.5. The van der Waals surface area contributed by atoms with Crippen molar-refractivity contribution in [3.05, 3.63) is 59.7 Å². The van der Waals surface area contributed by atoms with E-state index in [4.69, 9.17) is 9.47 Å². The number of carbonyl (C=O) groups is 2. The number of fused-ring (bicyclic) bond motifs is 1. The van der Waals surface area contributed by atoms with Gasteiger partial charge < -0.3 is 14.8 Å². The summed E-state index contributed by atoms with van der Waals surface area (Å²) in [5, 5.41) is 3.07. The van der Waals surface area contributed by atoms with E-state index in [0.717, 1.165) is 17.7 Å². The first kappa shape index (κ1) is 19.9. The second-order valence-corrected chi connectivity index (χ2v) is 7.34. The first-order valence-electron chi connectivity index (χ1n) is 9.82. The minimum atomic E-state index is -0.156. The number of nitrogens with one attached hydrogen (secondary N) is 1. The number of hydrogen-bond acceptors (Lipinski definition) is 4. The highest BCUT2D eigenvalue weighted by Gasteiger charge is 2.21. The van der Waals surface area contributed by atoms with Gasteiger partial charge in [0, 0.05) is 24.8 Å². The molecular weight excluding hydrogens is 354 g/mol. The Morgan fingerprint density at radius 3 is 2.39 bits per heavy atom. The third-order valence-corrected chi connectivity index (χ3v) is 4.79. The van der Waals surface area contributed by atoms with Crippen LogP contribution < -0.4 is 14.8 Å². The van der Waals surface area contributed by atoms with Crippen LogP contribution in [0.25, 0.3) is 0 Å². The third kappa shape index (κ3) is 5.12. The lowest BCUT2D eigenvalue weighted by molar-refractivity contribution is -0.122. The van der Waals surface area contributed by atoms with Gasteiger partial charge in [-0.05, 0) is 23.6 Å². The van der Waals surface area contributed by atoms with E-state index in [2.05, 4.69) is 19.2 Å². The Morgan fingerprint density at radius 2 is 1.68 bits per heavy atom. The van der Waals surface area contributed by atoms with Crippen LogP contribution in [-0.4, -0.2) is 24.9 Å². The molecule has 3 rings (SSSR count). The second kappa shape index (κ2) is 9.40. The molecule has 0 unspecified atom stereocenters. The zero-order valence-electron chi connectivity index (χ0n) is 16.4. The van der Waals surface area contributed by atoms with Crippen molar-refractivity contribution in [3.8, 4) is 11.5 Å². The van der Waals surface area contributed by atoms with Crippen LogP contribution in [0, 0.1) is 5.92 Å². The molecule has 0 aliphatic carbocycles. The molecule has 1 heterocycles. The predicted molar refractivity (Wildman–Crippen MR) is 108 cm³/mol. The summed E-state index contributed by atoms with van der Waals surface area (Å²) < 4.78 is 11.5. The molecule has 1 amide bonds. The fraction of sp³-hybridized carbons (Fsp3) is 0.391. The molecule has 0 radical (unpaired) electrons. The lowest BCUT2D eigenvalue weighted by atomic mass is 9.95. The van der Waals surface area contributed by atoms with Gasteiger partial charge in [-0.3, -0.25) is 9.59 Å². The summed E-state index contributed by atoms with van der Waals surface area (Å²) in [5.74, 6) is 1.50. The zero-order valence-corrected chi connectivity index (χ0v) is 16.4. The Morgan fingerprint density at radius 1 is 0.964 bits per heavy atom. The molecule has 1 N–H and O–H groups in total. The quantitative estimate of drug-likeness (QED) is 0.725. The summed E-state index contributed by atoms with van der Waals surface area (Å²) in [7, 11) is 0. The first-order valence-corrected chi connectivity index (χ1v) is 9.82. The van der Waals surface area contributed by atoms with E-state index < -0.39 is 0 Å². The zero-order chi connectivity index (χ0) is 19.9. The molecule has 1 atom stereocenters. The predicted octanol–water partition coefficient (Wildman–Crippen LogP) is 4.32. The van der Waals surface area contributed by atoms with Crippen molar-refractivity contribution in [1.29, 1.82) is 0 Å². The molecule has 0 saturated heterocycles. The van der Waals surface area contributed by atoms with Crippen molar-refractivity contribution >= 4 is 11.7 Å². The molecule has 0 spiro atoms. The smallest absolute Gasteiger partial charge is 0.220 e. The van der Waals surface area contributed by atoms with Crippen molar-refractivity contribution in [3.63, 3.8) is 0 Å². The number of rotatable bonds is 7. The fourth-order valence-corrected chi connectivity index (χ4v) is 3.25. The number of carbonyl (C=O) groups excluding carboxylic acids is 2. The molecule has 0 saturated carbocycles. The summed E-state index contributed by atoms with van der Waals surface area (Å²) in [6, 6.07) is 14.7. The van der Waals surface area contributed by atoms with Crippen LogP contribution >= 0.6 is 0 Å². The van der Waals surface area contributed by atoms with Crippen molar-refractivity contribution in [2.45, 2.75) is 39.2 Å². The van der Waals surface area contributed by atoms with Crippen molar-refractivity contribution in [2.24, 2.45) is 5.92 Å². The van der Waals surface area contributed by atoms with Gasteiger partial charge >= 0.3 is 0 Å². The molecule has 1 aliphatic rings. The van der Waals surface area contributed by atoms with Gasteiger partial charge in [0.25, 0.3) is 0 Å². The summed E-state index contributed by atoms with van der Waals surface area (Å²) in [5.41, 5.74) is 1.61. The van der Waals surface area contributed by atoms with Crippen LogP contribution in [0.1, 0.15) is 55.1 Å². The number of benzene rings is 2. The SMILES string of the molecule is CC(C)[C@H](NC(=O)CCC(=O)c1ccccc1)c1ccc2c(c1)OCCCO2. The van der Waals surface area contributed by atoms with Crippen molar-refractivity contribution in [2.75, 3.05) is 13.2 Å². The Hall–Kier alpha value is -2.82. The summed E-state index contributed by atoms with van der Waals surface area (Å²) in [4.78, 5) is 24.7. The molecule has 2 aromatic carbocycles. The first-order chi connectivity index (χ1) is 13.5. The molecule has 0 bridgehead atoms. The standard InChI is InChI=1S/C23H27NO4/c1-16(2)23(18-9-11-20-21(15-18)28-14-6-13-27-20)24-22(26)12-10-19(25)17-7-4-3-5-8-17/h3-5,7-9,11,15-16,23H,6,10,12-14H2,1-2H3,(H,24,26)/t23-/m0/s1. The molecule has 1 aliphatic heterocycles. The molecule has 0 aromatic heterocycles. The van der Waals surface area contributed by atoms with Crippen LogP contribution in [0.15, 0.2) is 48.5 Å². The van der Waals surface area contributed by atoms with E-state index in [1.807, 2.05) is 36.4 Å². The second-order valence-electron chi connectivity index (χ2n) is 7.34. The van der Waals surface area contributed by atoms with Crippen LogP contribution in [0.4, 0.5) is 0 Å². The number of amides is 1. The normalized spacial score (nSPS) is 14.2. The maximum Gasteiger partial charge on any atom is 0.220 e. The van der Waals surface area contributed by atoms with E-state index in [1.165, 1.54) is 0 Å². The van der Waals surface area contributed by atoms with Crippen LogP contribution in [0.3, 0.4) is 0 Å². The molecule has 5 heteroatoms. The van der Waals surface area contributed by atoms with E-state index in [-0.39, 0.29) is 36.5 Å². The highest BCUT2D eigenvalue weighted by Crippen LogP contribution is 2.34. The number of Topliss-reactive ketones (excluding diaryl/α,β-unsaturated/α-hetero) is 1. The molecule has 28 heavy (non-hydrogen) atoms. The average Bonchev–Trinajstić information content (AvgIpc) is 2.95. The summed E-state index contributed by atoms with van der Waals surface area (Å²) in [6.45, 7) is 5.38. The fourth-order valence-electron chi connectivity index (χ4n) is 3.25. The van der Waals surface area contributed by atoms with Crippen molar-refractivity contribution < 1.29 is 19.1 Å². The number of hydrogen-bond donors (Lipinski definition) is 1. The van der Waals surface area contributed by atoms with Gasteiger partial charge in [0.05, 0.1) is 19.3 Å². The van der Waals surface area contributed by atoms with E-state index in [9.17, 15) is 9.59 Å². The molecule has 2 aromatic rings. The van der Waals surface area contributed by atoms with Crippen LogP contribution in [-0.2, 0) is 4.79 Å². The van der Waals surface area contributed by atoms with Gasteiger partial charge in [0.2, 0.25) is 5.91 Å². The van der Waals surface area contributed by atoms with Gasteiger partial charge in [-0.25, -0.2) is 0 Å². The maximum absolute atomic E-state index is 12.5. The minimum Gasteiger partial charge on any atom is -0.490 e. The summed E-state index contributed by atoms with van der Waals surface area (Å²) >= 11 is 0. The molecular formula is C23H27NO4. The number of ketones is 1. The van der Waals surface area contributed by atoms with Gasteiger partial charge in [0.15, 0.2) is 17.3 Å². The molecule has 0 fully saturated rings. The Balaban J connectivity index is 1.63. The topological polar surface area (TPSA) is 64.6 Å². The van der Waals surface area contributed by atoms with Gasteiger partial charge in [-0.1, -0.05) is 50.2 Å². The van der Waals surface area contributed by atoms with Crippen molar-refractivity contribution in [1.82, 2.24) is 5.32 Å². The van der Waals surface area contributed by atoms with Crippen LogP contribution in [0.2, 0.25) is 0 Å². The highest BCUT2D eigenvalue weighted by atomic mass is 16.5. The van der Waals surface area contributed by atoms with E-state index in [1.54, 1.807) is 12.1 Å². The van der Waals surface area contributed by atoms with Gasteiger partial charge in [0.1, 0.15) is 0 Å². The molecule has 5 nitrogen and oxygen atoms in total. The average molecular weight is 381 g/mol. The minimum absolute atomic E-state index is 0.0209. The monoisotopic (exact) mass is 381 g/mol. The lowest BCUT2D eigenvalue weighted by Gasteiger charge is -2.24. The number of ether oxygens (including phenoxy) is 2. The van der Waals surface area contributed by atoms with E-state index >= 15 is 0 Å².